The Kier molecular flexibility index (Phi) is 7.56. The van der Waals surface area contributed by atoms with Gasteiger partial charge in [-0.3, -0.25) is 9.59 Å². The molecule has 1 aromatic heterocycles. The van der Waals surface area contributed by atoms with E-state index in [-0.39, 0.29) is 31.1 Å². The number of nitrogens with zero attached hydrogens (tertiary/aromatic N) is 6. The van der Waals surface area contributed by atoms with E-state index in [0.29, 0.717) is 44.1 Å². The molecule has 1 aliphatic heterocycles. The largest absolute Gasteiger partial charge is 0.352 e. The highest BCUT2D eigenvalue weighted by Crippen LogP contribution is 2.19. The summed E-state index contributed by atoms with van der Waals surface area (Å²) in [5.41, 5.74) is 1.25. The van der Waals surface area contributed by atoms with Crippen molar-refractivity contribution in [1.82, 2.24) is 9.88 Å². The zero-order valence-corrected chi connectivity index (χ0v) is 17.3. The molecule has 8 nitrogen and oxygen atoms in total. The number of aromatic nitrogens is 1. The molecule has 0 bridgehead atoms. The number of carbonyl (C=O) groups is 2. The molecular weight excluding hydrogens is 392 g/mol. The third kappa shape index (κ3) is 5.58. The van der Waals surface area contributed by atoms with Crippen molar-refractivity contribution >= 4 is 23.3 Å². The summed E-state index contributed by atoms with van der Waals surface area (Å²) in [6.45, 7) is 2.52. The fourth-order valence-electron chi connectivity index (χ4n) is 3.58. The molecule has 3 rings (SSSR count). The van der Waals surface area contributed by atoms with Crippen LogP contribution in [-0.2, 0) is 9.59 Å². The third-order valence-corrected chi connectivity index (χ3v) is 5.21. The van der Waals surface area contributed by atoms with Crippen LogP contribution >= 0.6 is 0 Å². The van der Waals surface area contributed by atoms with Crippen LogP contribution in [0.4, 0.5) is 11.5 Å². The van der Waals surface area contributed by atoms with Crippen LogP contribution in [0, 0.1) is 22.7 Å². The zero-order chi connectivity index (χ0) is 22.1. The van der Waals surface area contributed by atoms with Crippen molar-refractivity contribution in [3.05, 3.63) is 54.2 Å². The number of benzene rings is 1. The molecule has 2 amide bonds. The highest BCUT2D eigenvalue weighted by atomic mass is 16.2. The van der Waals surface area contributed by atoms with Gasteiger partial charge in [-0.2, -0.15) is 10.5 Å². The lowest BCUT2D eigenvalue weighted by atomic mass is 10.2. The summed E-state index contributed by atoms with van der Waals surface area (Å²) in [4.78, 5) is 35.0. The molecule has 2 heterocycles. The summed E-state index contributed by atoms with van der Waals surface area (Å²) in [7, 11) is 0. The Morgan fingerprint density at radius 1 is 1.00 bits per heavy atom. The number of pyridine rings is 1. The molecule has 31 heavy (non-hydrogen) atoms. The molecule has 1 saturated heterocycles. The lowest BCUT2D eigenvalue weighted by molar-refractivity contribution is -0.133. The molecule has 0 N–H and O–H groups in total. The third-order valence-electron chi connectivity index (χ3n) is 5.21. The molecule has 1 fully saturated rings. The first-order chi connectivity index (χ1) is 15.1. The average molecular weight is 416 g/mol. The molecule has 0 radical (unpaired) electrons. The number of hydrogen-bond acceptors (Lipinski definition) is 6. The van der Waals surface area contributed by atoms with E-state index in [1.165, 1.54) is 0 Å². The molecule has 0 saturated carbocycles. The van der Waals surface area contributed by atoms with Crippen LogP contribution in [0.15, 0.2) is 48.7 Å². The number of hydrogen-bond donors (Lipinski definition) is 0. The van der Waals surface area contributed by atoms with Crippen molar-refractivity contribution < 1.29 is 9.59 Å². The van der Waals surface area contributed by atoms with Gasteiger partial charge in [0, 0.05) is 57.4 Å². The molecule has 0 atom stereocenters. The molecule has 2 aromatic rings. The van der Waals surface area contributed by atoms with Crippen LogP contribution in [0.25, 0.3) is 0 Å². The fourth-order valence-corrected chi connectivity index (χ4v) is 3.58. The van der Waals surface area contributed by atoms with Crippen LogP contribution in [0.3, 0.4) is 0 Å². The highest BCUT2D eigenvalue weighted by Gasteiger charge is 2.24. The number of carbonyl (C=O) groups excluding carboxylic acids is 2. The summed E-state index contributed by atoms with van der Waals surface area (Å²) in [6.07, 6.45) is 2.11. The Labute approximate surface area is 181 Å². The van der Waals surface area contributed by atoms with Crippen LogP contribution < -0.4 is 9.80 Å². The number of para-hydroxylation sites is 1. The van der Waals surface area contributed by atoms with Crippen LogP contribution in [0.2, 0.25) is 0 Å². The fraction of sp³-hybridized carbons (Fsp3) is 0.348. The van der Waals surface area contributed by atoms with E-state index in [1.807, 2.05) is 35.2 Å². The van der Waals surface area contributed by atoms with Gasteiger partial charge in [0.25, 0.3) is 0 Å². The van der Waals surface area contributed by atoms with Gasteiger partial charge in [0.15, 0.2) is 0 Å². The Bertz CT molecular complexity index is 987. The first kappa shape index (κ1) is 21.8. The van der Waals surface area contributed by atoms with E-state index in [0.717, 1.165) is 5.69 Å². The van der Waals surface area contributed by atoms with Crippen molar-refractivity contribution in [1.29, 1.82) is 10.5 Å². The minimum atomic E-state index is -0.166. The predicted molar refractivity (Wildman–Crippen MR) is 116 cm³/mol. The van der Waals surface area contributed by atoms with Gasteiger partial charge in [0.1, 0.15) is 11.9 Å². The van der Waals surface area contributed by atoms with Crippen molar-refractivity contribution in [2.24, 2.45) is 0 Å². The Hall–Kier alpha value is -3.91. The topological polar surface area (TPSA) is 104 Å². The first-order valence-electron chi connectivity index (χ1n) is 10.2. The van der Waals surface area contributed by atoms with E-state index in [2.05, 4.69) is 17.1 Å². The molecule has 158 valence electrons. The van der Waals surface area contributed by atoms with Crippen LogP contribution in [0.5, 0.6) is 0 Å². The van der Waals surface area contributed by atoms with Gasteiger partial charge in [-0.25, -0.2) is 4.98 Å². The maximum Gasteiger partial charge on any atom is 0.227 e. The standard InChI is InChI=1S/C23H24N6O2/c24-11-5-13-29(20-7-2-1-3-8-20)22(31)10-9-21(30)27-14-16-28(17-15-27)23-19(18-25)6-4-12-26-23/h1-4,6-8,12H,5,9-10,13-17H2. The quantitative estimate of drug-likeness (QED) is 0.686. The Balaban J connectivity index is 1.53. The summed E-state index contributed by atoms with van der Waals surface area (Å²) in [5, 5.41) is 18.2. The SMILES string of the molecule is N#CCCN(C(=O)CCC(=O)N1CCN(c2ncccc2C#N)CC1)c1ccccc1. The van der Waals surface area contributed by atoms with Gasteiger partial charge < -0.3 is 14.7 Å². The number of rotatable bonds is 7. The maximum absolute atomic E-state index is 12.7. The van der Waals surface area contributed by atoms with Crippen molar-refractivity contribution in [2.75, 3.05) is 42.5 Å². The Morgan fingerprint density at radius 2 is 1.74 bits per heavy atom. The first-order valence-corrected chi connectivity index (χ1v) is 10.2. The summed E-state index contributed by atoms with van der Waals surface area (Å²) < 4.78 is 0. The second-order valence-electron chi connectivity index (χ2n) is 7.14. The average Bonchev–Trinajstić information content (AvgIpc) is 2.83. The van der Waals surface area contributed by atoms with Gasteiger partial charge >= 0.3 is 0 Å². The summed E-state index contributed by atoms with van der Waals surface area (Å²) >= 11 is 0. The summed E-state index contributed by atoms with van der Waals surface area (Å²) in [6, 6.07) is 16.9. The van der Waals surface area contributed by atoms with Crippen molar-refractivity contribution in [2.45, 2.75) is 19.3 Å². The number of anilines is 2. The van der Waals surface area contributed by atoms with Gasteiger partial charge in [0.2, 0.25) is 11.8 Å². The van der Waals surface area contributed by atoms with E-state index < -0.39 is 0 Å². The molecule has 0 unspecified atom stereocenters. The van der Waals surface area contributed by atoms with E-state index in [1.54, 1.807) is 28.1 Å². The second kappa shape index (κ2) is 10.7. The van der Waals surface area contributed by atoms with Crippen molar-refractivity contribution in [3.8, 4) is 12.1 Å². The van der Waals surface area contributed by atoms with Gasteiger partial charge in [-0.05, 0) is 24.3 Å². The van der Waals surface area contributed by atoms with Gasteiger partial charge in [-0.1, -0.05) is 18.2 Å². The molecule has 8 heteroatoms. The molecule has 1 aliphatic rings. The monoisotopic (exact) mass is 416 g/mol. The smallest absolute Gasteiger partial charge is 0.227 e. The molecule has 0 spiro atoms. The summed E-state index contributed by atoms with van der Waals surface area (Å²) in [5.74, 6) is 0.409. The van der Waals surface area contributed by atoms with Crippen LogP contribution in [0.1, 0.15) is 24.8 Å². The number of nitriles is 2. The minimum Gasteiger partial charge on any atom is -0.352 e. The van der Waals surface area contributed by atoms with Crippen LogP contribution in [-0.4, -0.2) is 54.4 Å². The maximum atomic E-state index is 12.7. The Morgan fingerprint density at radius 3 is 2.42 bits per heavy atom. The lowest BCUT2D eigenvalue weighted by Crippen LogP contribution is -2.49. The second-order valence-corrected chi connectivity index (χ2v) is 7.14. The predicted octanol–water partition coefficient (Wildman–Crippen LogP) is 2.33. The molecule has 1 aromatic carbocycles. The molecular formula is C23H24N6O2. The minimum absolute atomic E-state index is 0.0668. The zero-order valence-electron chi connectivity index (χ0n) is 17.3. The van der Waals surface area contributed by atoms with Gasteiger partial charge in [-0.15, -0.1) is 0 Å². The van der Waals surface area contributed by atoms with E-state index >= 15 is 0 Å². The van der Waals surface area contributed by atoms with E-state index in [9.17, 15) is 14.9 Å². The number of piperazine rings is 1. The lowest BCUT2D eigenvalue weighted by Gasteiger charge is -2.35. The van der Waals surface area contributed by atoms with Crippen molar-refractivity contribution in [3.63, 3.8) is 0 Å². The normalized spacial score (nSPS) is 13.2. The number of amides is 2. The van der Waals surface area contributed by atoms with Gasteiger partial charge in [0.05, 0.1) is 18.1 Å². The highest BCUT2D eigenvalue weighted by molar-refractivity contribution is 5.95. The van der Waals surface area contributed by atoms with E-state index in [4.69, 9.17) is 5.26 Å². The molecule has 0 aliphatic carbocycles.